The van der Waals surface area contributed by atoms with Gasteiger partial charge in [0.2, 0.25) is 0 Å². The lowest BCUT2D eigenvalue weighted by Gasteiger charge is -2.04. The molecule has 80 valence electrons. The third kappa shape index (κ3) is 1.38. The van der Waals surface area contributed by atoms with Crippen molar-refractivity contribution in [3.05, 3.63) is 46.3 Å². The first-order valence-corrected chi connectivity index (χ1v) is 4.80. The zero-order valence-electron chi connectivity index (χ0n) is 8.27. The smallest absolute Gasteiger partial charge is 0.336 e. The van der Waals surface area contributed by atoms with Crippen molar-refractivity contribution < 1.29 is 9.25 Å². The molecular formula is C11H8N2O3. The van der Waals surface area contributed by atoms with E-state index in [1.165, 1.54) is 6.07 Å². The lowest BCUT2D eigenvalue weighted by atomic mass is 10.1. The minimum atomic E-state index is -0.398. The Morgan fingerprint density at radius 2 is 2.19 bits per heavy atom. The average Bonchev–Trinajstić information content (AvgIpc) is 2.81. The van der Waals surface area contributed by atoms with E-state index in [1.807, 2.05) is 18.2 Å². The Labute approximate surface area is 90.3 Å². The van der Waals surface area contributed by atoms with Gasteiger partial charge in [0.25, 0.3) is 0 Å². The molecule has 2 aromatic rings. The summed E-state index contributed by atoms with van der Waals surface area (Å²) in [6.07, 6.45) is 0. The maximum atomic E-state index is 11.4. The van der Waals surface area contributed by atoms with Crippen molar-refractivity contribution in [2.24, 2.45) is 4.99 Å². The number of hydrogen-bond acceptors (Lipinski definition) is 5. The molecule has 0 aliphatic carbocycles. The number of hydrogen-bond donors (Lipinski definition) is 1. The summed E-state index contributed by atoms with van der Waals surface area (Å²) < 4.78 is 5.08. The highest BCUT2D eigenvalue weighted by molar-refractivity contribution is 6.08. The van der Waals surface area contributed by atoms with E-state index in [4.69, 9.17) is 9.25 Å². The van der Waals surface area contributed by atoms with Gasteiger partial charge in [0.05, 0.1) is 0 Å². The number of nitrogens with zero attached hydrogens (tertiary/aromatic N) is 1. The molecule has 0 unspecified atom stereocenters. The summed E-state index contributed by atoms with van der Waals surface area (Å²) in [5.74, 6) is 0.559. The van der Waals surface area contributed by atoms with Gasteiger partial charge >= 0.3 is 5.63 Å². The topological polar surface area (TPSA) is 63.8 Å². The van der Waals surface area contributed by atoms with Crippen LogP contribution in [0.2, 0.25) is 0 Å². The lowest BCUT2D eigenvalue weighted by Crippen LogP contribution is -2.19. The first-order valence-electron chi connectivity index (χ1n) is 4.80. The monoisotopic (exact) mass is 216 g/mol. The molecule has 5 nitrogen and oxygen atoms in total. The standard InChI is InChI=1S/C11H8N2O3/c14-10-5-8(11-12-6-15-13-11)7-3-1-2-4-9(7)16-10/h1-5H,6H2,(H,12,13). The van der Waals surface area contributed by atoms with E-state index in [9.17, 15) is 4.79 Å². The number of hydroxylamine groups is 1. The molecule has 0 radical (unpaired) electrons. The highest BCUT2D eigenvalue weighted by Crippen LogP contribution is 2.17. The van der Waals surface area contributed by atoms with Gasteiger partial charge in [-0.25, -0.2) is 15.3 Å². The van der Waals surface area contributed by atoms with E-state index in [1.54, 1.807) is 6.07 Å². The van der Waals surface area contributed by atoms with E-state index in [-0.39, 0.29) is 6.73 Å². The molecular weight excluding hydrogens is 208 g/mol. The zero-order chi connectivity index (χ0) is 11.0. The maximum Gasteiger partial charge on any atom is 0.336 e. The first-order chi connectivity index (χ1) is 7.84. The van der Waals surface area contributed by atoms with Crippen molar-refractivity contribution in [2.45, 2.75) is 0 Å². The molecule has 0 amide bonds. The molecule has 0 atom stereocenters. The van der Waals surface area contributed by atoms with E-state index in [0.717, 1.165) is 5.39 Å². The molecule has 16 heavy (non-hydrogen) atoms. The van der Waals surface area contributed by atoms with E-state index in [0.29, 0.717) is 17.0 Å². The van der Waals surface area contributed by atoms with Crippen LogP contribution in [0.5, 0.6) is 0 Å². The summed E-state index contributed by atoms with van der Waals surface area (Å²) in [6.45, 7) is 0.254. The molecule has 1 aromatic heterocycles. The van der Waals surface area contributed by atoms with Crippen molar-refractivity contribution in [3.8, 4) is 0 Å². The Bertz CT molecular complexity index is 630. The van der Waals surface area contributed by atoms with E-state index < -0.39 is 5.63 Å². The van der Waals surface area contributed by atoms with Crippen LogP contribution in [0, 0.1) is 0 Å². The van der Waals surface area contributed by atoms with Gasteiger partial charge in [0.15, 0.2) is 12.6 Å². The van der Waals surface area contributed by atoms with Crippen molar-refractivity contribution in [2.75, 3.05) is 6.73 Å². The van der Waals surface area contributed by atoms with Gasteiger partial charge < -0.3 is 4.42 Å². The maximum absolute atomic E-state index is 11.4. The molecule has 5 heteroatoms. The molecule has 0 spiro atoms. The zero-order valence-corrected chi connectivity index (χ0v) is 8.27. The second kappa shape index (κ2) is 3.46. The minimum Gasteiger partial charge on any atom is -0.423 e. The van der Waals surface area contributed by atoms with Crippen LogP contribution in [0.3, 0.4) is 0 Å². The summed E-state index contributed by atoms with van der Waals surface area (Å²) >= 11 is 0. The van der Waals surface area contributed by atoms with Gasteiger partial charge in [-0.3, -0.25) is 4.84 Å². The highest BCUT2D eigenvalue weighted by atomic mass is 16.7. The van der Waals surface area contributed by atoms with E-state index in [2.05, 4.69) is 10.5 Å². The van der Waals surface area contributed by atoms with Crippen LogP contribution in [0.25, 0.3) is 11.0 Å². The van der Waals surface area contributed by atoms with Gasteiger partial charge in [-0.1, -0.05) is 18.2 Å². The molecule has 2 heterocycles. The van der Waals surface area contributed by atoms with Crippen molar-refractivity contribution in [1.82, 2.24) is 5.48 Å². The van der Waals surface area contributed by atoms with Crippen LogP contribution in [0.1, 0.15) is 5.56 Å². The van der Waals surface area contributed by atoms with Crippen molar-refractivity contribution in [1.29, 1.82) is 0 Å². The number of rotatable bonds is 1. The largest absolute Gasteiger partial charge is 0.423 e. The van der Waals surface area contributed by atoms with Crippen LogP contribution in [0.4, 0.5) is 0 Å². The predicted octanol–water partition coefficient (Wildman–Crippen LogP) is 1.03. The average molecular weight is 216 g/mol. The number of aliphatic imine (C=N–C) groups is 1. The fraction of sp³-hybridized carbons (Fsp3) is 0.0909. The molecule has 0 saturated carbocycles. The molecule has 0 saturated heterocycles. The summed E-state index contributed by atoms with van der Waals surface area (Å²) in [5, 5.41) is 0.832. The van der Waals surface area contributed by atoms with Crippen LogP contribution in [0.15, 0.2) is 44.5 Å². The van der Waals surface area contributed by atoms with Crippen LogP contribution < -0.4 is 11.1 Å². The number of amidine groups is 1. The summed E-state index contributed by atoms with van der Waals surface area (Å²) in [7, 11) is 0. The summed E-state index contributed by atoms with van der Waals surface area (Å²) in [4.78, 5) is 20.4. The SMILES string of the molecule is O=c1cc(C2=NCON2)c2ccccc2o1. The number of nitrogens with one attached hydrogen (secondary N) is 1. The highest BCUT2D eigenvalue weighted by Gasteiger charge is 2.13. The molecule has 3 rings (SSSR count). The normalized spacial score (nSPS) is 14.9. The van der Waals surface area contributed by atoms with Gasteiger partial charge in [0.1, 0.15) is 5.58 Å². The predicted molar refractivity (Wildman–Crippen MR) is 58.1 cm³/mol. The van der Waals surface area contributed by atoms with Gasteiger partial charge in [-0.2, -0.15) is 0 Å². The molecule has 0 fully saturated rings. The number of para-hydroxylation sites is 1. The third-order valence-corrected chi connectivity index (χ3v) is 2.36. The quantitative estimate of drug-likeness (QED) is 0.723. The fourth-order valence-electron chi connectivity index (χ4n) is 1.68. The number of benzene rings is 1. The molecule has 1 aliphatic heterocycles. The number of fused-ring (bicyclic) bond motifs is 1. The van der Waals surface area contributed by atoms with Crippen LogP contribution in [-0.4, -0.2) is 12.6 Å². The van der Waals surface area contributed by atoms with Crippen LogP contribution in [-0.2, 0) is 4.84 Å². The van der Waals surface area contributed by atoms with Gasteiger partial charge in [-0.15, -0.1) is 0 Å². The Morgan fingerprint density at radius 3 is 3.00 bits per heavy atom. The first kappa shape index (κ1) is 9.11. The Balaban J connectivity index is 2.34. The van der Waals surface area contributed by atoms with Crippen molar-refractivity contribution in [3.63, 3.8) is 0 Å². The Morgan fingerprint density at radius 1 is 1.31 bits per heavy atom. The van der Waals surface area contributed by atoms with Crippen molar-refractivity contribution >= 4 is 16.8 Å². The van der Waals surface area contributed by atoms with Gasteiger partial charge in [0, 0.05) is 17.0 Å². The molecule has 1 aromatic carbocycles. The molecule has 1 aliphatic rings. The van der Waals surface area contributed by atoms with E-state index >= 15 is 0 Å². The Kier molecular flexibility index (Phi) is 1.97. The third-order valence-electron chi connectivity index (χ3n) is 2.36. The van der Waals surface area contributed by atoms with Crippen LogP contribution >= 0.6 is 0 Å². The lowest BCUT2D eigenvalue weighted by molar-refractivity contribution is 0.115. The summed E-state index contributed by atoms with van der Waals surface area (Å²) in [6, 6.07) is 8.72. The Hall–Kier alpha value is -2.14. The second-order valence-corrected chi connectivity index (χ2v) is 3.36. The minimum absolute atomic E-state index is 0.254. The fourth-order valence-corrected chi connectivity index (χ4v) is 1.68. The second-order valence-electron chi connectivity index (χ2n) is 3.36. The molecule has 0 bridgehead atoms. The summed E-state index contributed by atoms with van der Waals surface area (Å²) in [5.41, 5.74) is 3.51. The molecule has 1 N–H and O–H groups in total. The van der Waals surface area contributed by atoms with Gasteiger partial charge in [-0.05, 0) is 6.07 Å².